The molecule has 0 spiro atoms. The van der Waals surface area contributed by atoms with Gasteiger partial charge in [0.25, 0.3) is 11.1 Å². The number of benzene rings is 2. The zero-order valence-corrected chi connectivity index (χ0v) is 17.3. The number of ether oxygens (including phenoxy) is 1. The second kappa shape index (κ2) is 8.69. The van der Waals surface area contributed by atoms with Crippen LogP contribution in [0.3, 0.4) is 0 Å². The van der Waals surface area contributed by atoms with E-state index in [-0.39, 0.29) is 18.3 Å². The molecule has 150 valence electrons. The molecule has 0 saturated carbocycles. The quantitative estimate of drug-likeness (QED) is 0.580. The molecule has 0 aliphatic heterocycles. The second-order valence-corrected chi connectivity index (χ2v) is 8.12. The van der Waals surface area contributed by atoms with Crippen LogP contribution in [-0.2, 0) is 24.2 Å². The average molecular weight is 410 g/mol. The van der Waals surface area contributed by atoms with Crippen LogP contribution < -0.4 is 10.1 Å². The number of rotatable bonds is 7. The smallest absolute Gasteiger partial charge is 0.277 e. The van der Waals surface area contributed by atoms with Gasteiger partial charge in [0.2, 0.25) is 5.91 Å². The zero-order chi connectivity index (χ0) is 20.2. The molecule has 0 bridgehead atoms. The number of hydrogen-bond donors (Lipinski definition) is 1. The van der Waals surface area contributed by atoms with Gasteiger partial charge < -0.3 is 14.5 Å². The van der Waals surface area contributed by atoms with Crippen LogP contribution in [0.4, 0.5) is 5.69 Å². The van der Waals surface area contributed by atoms with E-state index in [1.807, 2.05) is 38.1 Å². The zero-order valence-electron chi connectivity index (χ0n) is 16.5. The highest BCUT2D eigenvalue weighted by Gasteiger charge is 2.14. The van der Waals surface area contributed by atoms with Gasteiger partial charge in [-0.15, -0.1) is 10.2 Å². The lowest BCUT2D eigenvalue weighted by molar-refractivity contribution is -0.113. The first-order valence-corrected chi connectivity index (χ1v) is 10.6. The van der Waals surface area contributed by atoms with E-state index < -0.39 is 0 Å². The summed E-state index contributed by atoms with van der Waals surface area (Å²) in [4.78, 5) is 12.2. The van der Waals surface area contributed by atoms with Crippen LogP contribution in [0, 0.1) is 13.8 Å². The molecule has 7 heteroatoms. The Morgan fingerprint density at radius 2 is 2.00 bits per heavy atom. The van der Waals surface area contributed by atoms with E-state index in [9.17, 15) is 4.79 Å². The maximum Gasteiger partial charge on any atom is 0.277 e. The van der Waals surface area contributed by atoms with Gasteiger partial charge in [0.05, 0.1) is 5.75 Å². The fourth-order valence-corrected chi connectivity index (χ4v) is 3.91. The van der Waals surface area contributed by atoms with Crippen molar-refractivity contribution in [1.82, 2.24) is 10.2 Å². The third-order valence-corrected chi connectivity index (χ3v) is 5.67. The molecule has 2 aromatic carbocycles. The van der Waals surface area contributed by atoms with Crippen molar-refractivity contribution in [2.24, 2.45) is 0 Å². The predicted octanol–water partition coefficient (Wildman–Crippen LogP) is 4.48. The fraction of sp³-hybridized carbons (Fsp3) is 0.318. The number of amides is 1. The Hall–Kier alpha value is -2.80. The summed E-state index contributed by atoms with van der Waals surface area (Å²) in [5.41, 5.74) is 5.73. The number of aryl methyl sites for hydroxylation is 4. The van der Waals surface area contributed by atoms with E-state index in [0.29, 0.717) is 11.1 Å². The average Bonchev–Trinajstić information content (AvgIpc) is 3.36. The number of anilines is 1. The summed E-state index contributed by atoms with van der Waals surface area (Å²) in [5.74, 6) is 1.29. The Bertz CT molecular complexity index is 1030. The van der Waals surface area contributed by atoms with E-state index in [1.54, 1.807) is 0 Å². The Balaban J connectivity index is 1.26. The lowest BCUT2D eigenvalue weighted by atomic mass is 10.1. The van der Waals surface area contributed by atoms with Crippen LogP contribution in [0.15, 0.2) is 46.0 Å². The minimum absolute atomic E-state index is 0.0978. The van der Waals surface area contributed by atoms with E-state index in [1.165, 1.54) is 29.3 Å². The molecule has 4 rings (SSSR count). The largest absolute Gasteiger partial charge is 0.484 e. The number of nitrogens with zero attached hydrogens (tertiary/aromatic N) is 2. The first-order chi connectivity index (χ1) is 14.1. The third kappa shape index (κ3) is 4.98. The van der Waals surface area contributed by atoms with E-state index in [0.717, 1.165) is 35.4 Å². The Morgan fingerprint density at radius 1 is 1.14 bits per heavy atom. The molecule has 0 atom stereocenters. The van der Waals surface area contributed by atoms with Crippen LogP contribution in [0.1, 0.15) is 34.6 Å². The SMILES string of the molecule is Cc1ccc(C)c(OCc2nnc(SCC(=O)Nc3ccc4c(c3)CCC4)o2)c1. The summed E-state index contributed by atoms with van der Waals surface area (Å²) in [5, 5.41) is 11.3. The molecule has 1 amide bonds. The van der Waals surface area contributed by atoms with E-state index in [2.05, 4.69) is 27.6 Å². The molecule has 1 aromatic heterocycles. The lowest BCUT2D eigenvalue weighted by Crippen LogP contribution is -2.14. The summed E-state index contributed by atoms with van der Waals surface area (Å²) in [6.45, 7) is 4.20. The third-order valence-electron chi connectivity index (χ3n) is 4.85. The van der Waals surface area contributed by atoms with Gasteiger partial charge in [-0.25, -0.2) is 0 Å². The van der Waals surface area contributed by atoms with Crippen LogP contribution >= 0.6 is 11.8 Å². The van der Waals surface area contributed by atoms with Crippen molar-refractivity contribution in [2.45, 2.75) is 44.9 Å². The molecule has 1 aliphatic rings. The van der Waals surface area contributed by atoms with Crippen molar-refractivity contribution in [1.29, 1.82) is 0 Å². The molecular formula is C22H23N3O3S. The molecule has 3 aromatic rings. The number of fused-ring (bicyclic) bond motifs is 1. The molecule has 0 radical (unpaired) electrons. The lowest BCUT2D eigenvalue weighted by Gasteiger charge is -2.07. The summed E-state index contributed by atoms with van der Waals surface area (Å²) in [6, 6.07) is 12.2. The van der Waals surface area contributed by atoms with Crippen molar-refractivity contribution in [2.75, 3.05) is 11.1 Å². The molecule has 1 heterocycles. The molecule has 0 fully saturated rings. The normalized spacial score (nSPS) is 12.6. The van der Waals surface area contributed by atoms with Crippen LogP contribution in [0.5, 0.6) is 5.75 Å². The molecule has 0 saturated heterocycles. The maximum absolute atomic E-state index is 12.2. The van der Waals surface area contributed by atoms with Gasteiger partial charge in [-0.3, -0.25) is 4.79 Å². The topological polar surface area (TPSA) is 77.2 Å². The van der Waals surface area contributed by atoms with Gasteiger partial charge in [0, 0.05) is 5.69 Å². The van der Waals surface area contributed by atoms with Gasteiger partial charge in [-0.05, 0) is 73.6 Å². The number of aromatic nitrogens is 2. The van der Waals surface area contributed by atoms with Gasteiger partial charge in [-0.2, -0.15) is 0 Å². The Morgan fingerprint density at radius 3 is 2.90 bits per heavy atom. The molecule has 0 unspecified atom stereocenters. The summed E-state index contributed by atoms with van der Waals surface area (Å²) >= 11 is 1.21. The van der Waals surface area contributed by atoms with Crippen molar-refractivity contribution >= 4 is 23.4 Å². The molecule has 29 heavy (non-hydrogen) atoms. The molecule has 1 N–H and O–H groups in total. The van der Waals surface area contributed by atoms with Crippen molar-refractivity contribution in [3.63, 3.8) is 0 Å². The number of carbonyl (C=O) groups is 1. The summed E-state index contributed by atoms with van der Waals surface area (Å²) in [7, 11) is 0. The van der Waals surface area contributed by atoms with Gasteiger partial charge >= 0.3 is 0 Å². The van der Waals surface area contributed by atoms with Crippen molar-refractivity contribution in [3.8, 4) is 5.75 Å². The van der Waals surface area contributed by atoms with Crippen molar-refractivity contribution < 1.29 is 13.9 Å². The second-order valence-electron chi connectivity index (χ2n) is 7.19. The highest BCUT2D eigenvalue weighted by atomic mass is 32.2. The highest BCUT2D eigenvalue weighted by molar-refractivity contribution is 7.99. The first-order valence-electron chi connectivity index (χ1n) is 9.64. The minimum atomic E-state index is -0.0978. The Labute approximate surface area is 174 Å². The molecule has 6 nitrogen and oxygen atoms in total. The monoisotopic (exact) mass is 409 g/mol. The van der Waals surface area contributed by atoms with Crippen LogP contribution in [-0.4, -0.2) is 21.9 Å². The fourth-order valence-electron chi connectivity index (χ4n) is 3.33. The van der Waals surface area contributed by atoms with Gasteiger partial charge in [0.15, 0.2) is 6.61 Å². The van der Waals surface area contributed by atoms with Gasteiger partial charge in [0.1, 0.15) is 5.75 Å². The number of nitrogens with one attached hydrogen (secondary N) is 1. The van der Waals surface area contributed by atoms with Crippen LogP contribution in [0.2, 0.25) is 0 Å². The van der Waals surface area contributed by atoms with E-state index in [4.69, 9.17) is 9.15 Å². The highest BCUT2D eigenvalue weighted by Crippen LogP contribution is 2.25. The molecular weight excluding hydrogens is 386 g/mol. The minimum Gasteiger partial charge on any atom is -0.484 e. The number of carbonyl (C=O) groups excluding carboxylic acids is 1. The Kier molecular flexibility index (Phi) is 5.85. The summed E-state index contributed by atoms with van der Waals surface area (Å²) < 4.78 is 11.3. The first kappa shape index (κ1) is 19.5. The van der Waals surface area contributed by atoms with Crippen molar-refractivity contribution in [3.05, 3.63) is 64.5 Å². The molecule has 1 aliphatic carbocycles. The number of thioether (sulfide) groups is 1. The van der Waals surface area contributed by atoms with E-state index >= 15 is 0 Å². The maximum atomic E-state index is 12.2. The van der Waals surface area contributed by atoms with Crippen LogP contribution in [0.25, 0.3) is 0 Å². The summed E-state index contributed by atoms with van der Waals surface area (Å²) in [6.07, 6.45) is 3.41. The van der Waals surface area contributed by atoms with Gasteiger partial charge in [-0.1, -0.05) is 30.0 Å². The predicted molar refractivity (Wildman–Crippen MR) is 112 cm³/mol. The standard InChI is InChI=1S/C22H23N3O3S/c1-14-6-7-15(2)19(10-14)27-12-21-24-25-22(28-21)29-13-20(26)23-18-9-8-16-4-3-5-17(16)11-18/h6-11H,3-5,12-13H2,1-2H3,(H,23,26). The number of hydrogen-bond acceptors (Lipinski definition) is 6.